The van der Waals surface area contributed by atoms with E-state index in [2.05, 4.69) is 0 Å². The lowest BCUT2D eigenvalue weighted by molar-refractivity contribution is -0.384. The number of rotatable bonds is 11. The van der Waals surface area contributed by atoms with Crippen LogP contribution in [0.4, 0.5) is 5.69 Å². The van der Waals surface area contributed by atoms with Crippen LogP contribution in [0.2, 0.25) is 0 Å². The molecule has 0 spiro atoms. The highest BCUT2D eigenvalue weighted by molar-refractivity contribution is 5.89. The maximum atomic E-state index is 13.2. The first-order valence-electron chi connectivity index (χ1n) is 15.2. The monoisotopic (exact) mass is 633 g/mol. The van der Waals surface area contributed by atoms with Gasteiger partial charge in [-0.2, -0.15) is 0 Å². The van der Waals surface area contributed by atoms with E-state index in [9.17, 15) is 14.9 Å². The molecule has 0 aliphatic carbocycles. The smallest absolute Gasteiger partial charge is 0.347 e. The Kier molecular flexibility index (Phi) is 8.89. The lowest BCUT2D eigenvalue weighted by Gasteiger charge is -2.44. The molecule has 0 radical (unpaired) electrons. The third-order valence-electron chi connectivity index (χ3n) is 8.14. The third kappa shape index (κ3) is 6.72. The van der Waals surface area contributed by atoms with Gasteiger partial charge in [0.2, 0.25) is 6.29 Å². The topological polar surface area (TPSA) is 120 Å². The average Bonchev–Trinajstić information content (AvgIpc) is 3.10. The largest absolute Gasteiger partial charge is 0.459 e. The Morgan fingerprint density at radius 3 is 2.02 bits per heavy atom. The van der Waals surface area contributed by atoms with Gasteiger partial charge in [-0.25, -0.2) is 4.79 Å². The van der Waals surface area contributed by atoms with Crippen LogP contribution < -0.4 is 10.4 Å². The molecule has 5 aromatic rings. The summed E-state index contributed by atoms with van der Waals surface area (Å²) in [5.74, 6) is 0.142. The molecule has 238 valence electrons. The van der Waals surface area contributed by atoms with Crippen molar-refractivity contribution in [2.75, 3.05) is 6.61 Å². The zero-order valence-electron chi connectivity index (χ0n) is 25.2. The third-order valence-corrected chi connectivity index (χ3v) is 8.14. The summed E-state index contributed by atoms with van der Waals surface area (Å²) in [7, 11) is 0. The van der Waals surface area contributed by atoms with Crippen LogP contribution in [0.1, 0.15) is 22.3 Å². The minimum atomic E-state index is -0.991. The number of hydrogen-bond donors (Lipinski definition) is 0. The number of fused-ring (bicyclic) bond motifs is 4. The van der Waals surface area contributed by atoms with Crippen molar-refractivity contribution < 1.29 is 33.0 Å². The molecule has 0 unspecified atom stereocenters. The van der Waals surface area contributed by atoms with Gasteiger partial charge in [-0.1, -0.05) is 91.0 Å². The summed E-state index contributed by atoms with van der Waals surface area (Å²) in [4.78, 5) is 24.3. The van der Waals surface area contributed by atoms with Crippen LogP contribution in [0.25, 0.3) is 17.0 Å². The van der Waals surface area contributed by atoms with Gasteiger partial charge in [-0.05, 0) is 28.8 Å². The van der Waals surface area contributed by atoms with Crippen molar-refractivity contribution >= 4 is 22.7 Å². The Labute approximate surface area is 269 Å². The van der Waals surface area contributed by atoms with Crippen LogP contribution in [0.5, 0.6) is 5.75 Å². The van der Waals surface area contributed by atoms with Crippen molar-refractivity contribution in [2.24, 2.45) is 0 Å². The number of nitro groups is 1. The Morgan fingerprint density at radius 2 is 1.38 bits per heavy atom. The Morgan fingerprint density at radius 1 is 0.766 bits per heavy atom. The van der Waals surface area contributed by atoms with E-state index in [0.29, 0.717) is 12.2 Å². The molecule has 0 amide bonds. The summed E-state index contributed by atoms with van der Waals surface area (Å²) in [5.41, 5.74) is 2.91. The van der Waals surface area contributed by atoms with Gasteiger partial charge in [0.25, 0.3) is 5.69 Å². The van der Waals surface area contributed by atoms with Crippen molar-refractivity contribution in [3.05, 3.63) is 158 Å². The van der Waals surface area contributed by atoms with Crippen LogP contribution >= 0.6 is 0 Å². The molecule has 10 heteroatoms. The predicted molar refractivity (Wildman–Crippen MR) is 173 cm³/mol. The second kappa shape index (κ2) is 13.7. The quantitative estimate of drug-likeness (QED) is 0.0901. The molecule has 4 aromatic carbocycles. The summed E-state index contributed by atoms with van der Waals surface area (Å²) >= 11 is 0. The molecule has 2 aliphatic heterocycles. The van der Waals surface area contributed by atoms with Crippen LogP contribution in [-0.4, -0.2) is 36.1 Å². The van der Waals surface area contributed by atoms with Crippen LogP contribution in [0.15, 0.2) is 124 Å². The van der Waals surface area contributed by atoms with E-state index in [1.165, 1.54) is 18.2 Å². The van der Waals surface area contributed by atoms with Crippen molar-refractivity contribution in [3.63, 3.8) is 0 Å². The number of hydrogen-bond acceptors (Lipinski definition) is 9. The maximum absolute atomic E-state index is 13.2. The summed E-state index contributed by atoms with van der Waals surface area (Å²) in [6.45, 7) is 1.04. The number of non-ortho nitro benzene ring substituents is 1. The van der Waals surface area contributed by atoms with Gasteiger partial charge in [0, 0.05) is 17.7 Å². The second-order valence-corrected chi connectivity index (χ2v) is 11.3. The van der Waals surface area contributed by atoms with Crippen molar-refractivity contribution in [1.29, 1.82) is 0 Å². The zero-order valence-corrected chi connectivity index (χ0v) is 25.2. The highest BCUT2D eigenvalue weighted by Gasteiger charge is 2.47. The lowest BCUT2D eigenvalue weighted by atomic mass is 9.92. The van der Waals surface area contributed by atoms with E-state index in [4.69, 9.17) is 28.1 Å². The number of benzene rings is 4. The summed E-state index contributed by atoms with van der Waals surface area (Å²) in [6.07, 6.45) is -1.36. The highest BCUT2D eigenvalue weighted by atomic mass is 16.7. The highest BCUT2D eigenvalue weighted by Crippen LogP contribution is 2.41. The fourth-order valence-electron chi connectivity index (χ4n) is 5.81. The molecule has 47 heavy (non-hydrogen) atoms. The standard InChI is InChI=1S/C37H31NO9/c39-36-29-19-30-34(43-21-25-12-6-2-7-13-25)35(44-22-26-14-8-3-9-15-26)32(23-42-20-24-10-4-1-5-11-24)46-37(30)47-33(29)28-18-27(38(40)41)16-17-31(28)45-36/h1-19,32,34-35,37H,20-23H2/t32-,34-,35+,37+/m1/s1. The molecular formula is C37H31NO9. The van der Waals surface area contributed by atoms with Gasteiger partial charge in [-0.3, -0.25) is 10.1 Å². The molecule has 7 rings (SSSR count). The van der Waals surface area contributed by atoms with Gasteiger partial charge < -0.3 is 28.1 Å². The van der Waals surface area contributed by atoms with E-state index in [1.807, 2.05) is 91.0 Å². The van der Waals surface area contributed by atoms with Gasteiger partial charge in [-0.15, -0.1) is 0 Å². The van der Waals surface area contributed by atoms with E-state index in [1.54, 1.807) is 6.08 Å². The zero-order chi connectivity index (χ0) is 32.2. The molecule has 1 aromatic heterocycles. The van der Waals surface area contributed by atoms with Crippen LogP contribution in [0.3, 0.4) is 0 Å². The molecule has 0 N–H and O–H groups in total. The fraction of sp³-hybridized carbons (Fsp3) is 0.216. The van der Waals surface area contributed by atoms with Gasteiger partial charge in [0.05, 0.1) is 36.7 Å². The molecule has 2 aliphatic rings. The summed E-state index contributed by atoms with van der Waals surface area (Å²) < 4.78 is 37.8. The SMILES string of the molecule is O=c1oc2ccc([N+](=O)[O-])cc2c2c1C=C1[C@H](O2)O[C@H](COCc2ccccc2)[C@H](OCc2ccccc2)[C@@H]1OCc1ccccc1. The minimum Gasteiger partial charge on any atom is -0.459 e. The van der Waals surface area contributed by atoms with E-state index >= 15 is 0 Å². The molecule has 1 fully saturated rings. The lowest BCUT2D eigenvalue weighted by Crippen LogP contribution is -2.56. The number of nitro benzene ring substituents is 1. The fourth-order valence-corrected chi connectivity index (χ4v) is 5.81. The van der Waals surface area contributed by atoms with Gasteiger partial charge in [0.15, 0.2) is 0 Å². The molecule has 3 heterocycles. The predicted octanol–water partition coefficient (Wildman–Crippen LogP) is 6.59. The summed E-state index contributed by atoms with van der Waals surface area (Å²) in [5, 5.41) is 11.9. The molecule has 0 bridgehead atoms. The molecule has 0 saturated carbocycles. The Balaban J connectivity index is 1.27. The van der Waals surface area contributed by atoms with Crippen LogP contribution in [-0.2, 0) is 38.8 Å². The average molecular weight is 634 g/mol. The maximum Gasteiger partial charge on any atom is 0.347 e. The second-order valence-electron chi connectivity index (χ2n) is 11.3. The summed E-state index contributed by atoms with van der Waals surface area (Å²) in [6, 6.07) is 33.3. The van der Waals surface area contributed by atoms with Crippen molar-refractivity contribution in [1.82, 2.24) is 0 Å². The first-order chi connectivity index (χ1) is 23.0. The molecule has 10 nitrogen and oxygen atoms in total. The first-order valence-corrected chi connectivity index (χ1v) is 15.2. The van der Waals surface area contributed by atoms with E-state index in [-0.39, 0.29) is 47.8 Å². The molecule has 1 saturated heterocycles. The van der Waals surface area contributed by atoms with Crippen LogP contribution in [0, 0.1) is 10.1 Å². The Hall–Kier alpha value is -5.13. The van der Waals surface area contributed by atoms with Gasteiger partial charge in [0.1, 0.15) is 35.2 Å². The van der Waals surface area contributed by atoms with E-state index in [0.717, 1.165) is 16.7 Å². The number of ether oxygens (including phenoxy) is 5. The normalized spacial score (nSPS) is 20.1. The number of nitrogens with zero attached hydrogens (tertiary/aromatic N) is 1. The van der Waals surface area contributed by atoms with Crippen molar-refractivity contribution in [3.8, 4) is 5.75 Å². The Bertz CT molecular complexity index is 1940. The van der Waals surface area contributed by atoms with Gasteiger partial charge >= 0.3 is 5.63 Å². The molecular weight excluding hydrogens is 602 g/mol. The van der Waals surface area contributed by atoms with E-state index < -0.39 is 35.2 Å². The minimum absolute atomic E-state index is 0.113. The van der Waals surface area contributed by atoms with Crippen molar-refractivity contribution in [2.45, 2.75) is 44.4 Å². The molecule has 4 atom stereocenters. The first kappa shape index (κ1) is 30.5.